The molecular formula is C21H21N3O6S. The number of anilines is 1. The summed E-state index contributed by atoms with van der Waals surface area (Å²) in [5.74, 6) is -2.49. The molecule has 0 heterocycles. The molecule has 0 radical (unpaired) electrons. The first-order valence-electron chi connectivity index (χ1n) is 8.95. The van der Waals surface area contributed by atoms with Crippen LogP contribution in [0.3, 0.4) is 0 Å². The number of benzene rings is 2. The van der Waals surface area contributed by atoms with Crippen LogP contribution in [0, 0.1) is 0 Å². The van der Waals surface area contributed by atoms with Crippen molar-refractivity contribution in [1.29, 1.82) is 0 Å². The summed E-state index contributed by atoms with van der Waals surface area (Å²) in [5, 5.41) is 17.5. The second-order valence-corrected chi connectivity index (χ2v) is 7.75. The van der Waals surface area contributed by atoms with Crippen LogP contribution in [-0.4, -0.2) is 30.6 Å². The number of allylic oxidation sites excluding steroid dienone is 4. The molecule has 9 nitrogen and oxygen atoms in total. The van der Waals surface area contributed by atoms with Crippen molar-refractivity contribution in [3.63, 3.8) is 0 Å². The lowest BCUT2D eigenvalue weighted by Crippen LogP contribution is -2.26. The van der Waals surface area contributed by atoms with Gasteiger partial charge in [0.15, 0.2) is 0 Å². The molecule has 0 aliphatic heterocycles. The van der Waals surface area contributed by atoms with Crippen LogP contribution in [0.1, 0.15) is 11.5 Å². The van der Waals surface area contributed by atoms with E-state index in [4.69, 9.17) is 10.4 Å². The van der Waals surface area contributed by atoms with Gasteiger partial charge in [0, 0.05) is 6.08 Å². The van der Waals surface area contributed by atoms with Gasteiger partial charge in [-0.25, -0.2) is 19.4 Å². The highest BCUT2D eigenvalue weighted by Gasteiger charge is 2.23. The van der Waals surface area contributed by atoms with E-state index in [0.29, 0.717) is 5.56 Å². The molecule has 0 saturated heterocycles. The molecule has 1 atom stereocenters. The summed E-state index contributed by atoms with van der Waals surface area (Å²) in [6, 6.07) is 14.1. The maximum Gasteiger partial charge on any atom is 0.267 e. The smallest absolute Gasteiger partial charge is 0.267 e. The third-order valence-corrected chi connectivity index (χ3v) is 5.36. The normalized spacial score (nSPS) is 12.8. The minimum Gasteiger partial charge on any atom is -0.289 e. The highest BCUT2D eigenvalue weighted by Crippen LogP contribution is 2.28. The van der Waals surface area contributed by atoms with E-state index in [0.717, 1.165) is 6.08 Å². The minimum absolute atomic E-state index is 0.0603. The number of hydrogen-bond acceptors (Lipinski definition) is 6. The molecule has 0 aliphatic carbocycles. The van der Waals surface area contributed by atoms with Crippen molar-refractivity contribution in [1.82, 2.24) is 11.0 Å². The van der Waals surface area contributed by atoms with E-state index in [1.54, 1.807) is 41.9 Å². The Morgan fingerprint density at radius 2 is 1.48 bits per heavy atom. The summed E-state index contributed by atoms with van der Waals surface area (Å²) < 4.78 is 27.8. The number of carbonyl (C=O) groups excluding carboxylic acids is 2. The number of hydrogen-bond donors (Lipinski definition) is 5. The lowest BCUT2D eigenvalue weighted by molar-refractivity contribution is -0.129. The third-order valence-electron chi connectivity index (χ3n) is 3.98. The molecule has 5 N–H and O–H groups in total. The largest absolute Gasteiger partial charge is 0.289 e. The van der Waals surface area contributed by atoms with Crippen LogP contribution in [-0.2, 0) is 19.6 Å². The van der Waals surface area contributed by atoms with Gasteiger partial charge in [-0.1, -0.05) is 66.8 Å². The van der Waals surface area contributed by atoms with Crippen LogP contribution >= 0.6 is 0 Å². The van der Waals surface area contributed by atoms with Crippen LogP contribution in [0.2, 0.25) is 0 Å². The van der Waals surface area contributed by atoms with Crippen LogP contribution in [0.15, 0.2) is 95.9 Å². The van der Waals surface area contributed by atoms with Crippen molar-refractivity contribution in [2.45, 2.75) is 10.8 Å². The van der Waals surface area contributed by atoms with Crippen molar-refractivity contribution in [2.75, 3.05) is 4.72 Å². The van der Waals surface area contributed by atoms with Gasteiger partial charge in [0.25, 0.3) is 21.8 Å². The highest BCUT2D eigenvalue weighted by atomic mass is 32.2. The number of para-hydroxylation sites is 1. The Morgan fingerprint density at radius 1 is 0.839 bits per heavy atom. The topological polar surface area (TPSA) is 145 Å². The first kappa shape index (κ1) is 23.5. The van der Waals surface area contributed by atoms with Gasteiger partial charge in [-0.2, -0.15) is 0 Å². The molecule has 2 aromatic rings. The standard InChI is InChI=1S/C21H21N3O6S/c25-20(22-27)15-7-2-1-6-13-18(21(26)23-28)17-12-8-9-14-19(17)24-31(29,30)16-10-4-3-5-11-16/h1-15,18,24,27-28H,(H,22,25)(H,23,26)/b2-1+,13-6+,15-7+. The van der Waals surface area contributed by atoms with Gasteiger partial charge in [0.05, 0.1) is 16.5 Å². The maximum absolute atomic E-state index is 12.7. The lowest BCUT2D eigenvalue weighted by Gasteiger charge is -2.17. The zero-order chi connectivity index (χ0) is 22.7. The zero-order valence-corrected chi connectivity index (χ0v) is 17.0. The molecule has 31 heavy (non-hydrogen) atoms. The number of rotatable bonds is 9. The Labute approximate surface area is 179 Å². The van der Waals surface area contributed by atoms with Gasteiger partial charge >= 0.3 is 0 Å². The molecule has 2 aromatic carbocycles. The average molecular weight is 443 g/mol. The van der Waals surface area contributed by atoms with Crippen LogP contribution in [0.5, 0.6) is 0 Å². The molecule has 0 saturated carbocycles. The fourth-order valence-corrected chi connectivity index (χ4v) is 3.66. The SMILES string of the molecule is O=C(/C=C/C=C/C=C/C(C(=O)NO)c1ccccc1NS(=O)(=O)c1ccccc1)NO. The second-order valence-electron chi connectivity index (χ2n) is 6.06. The van der Waals surface area contributed by atoms with Crippen molar-refractivity contribution in [2.24, 2.45) is 0 Å². The Morgan fingerprint density at radius 3 is 2.16 bits per heavy atom. The van der Waals surface area contributed by atoms with Gasteiger partial charge in [-0.05, 0) is 23.8 Å². The summed E-state index contributed by atoms with van der Waals surface area (Å²) in [5.41, 5.74) is 3.50. The summed E-state index contributed by atoms with van der Waals surface area (Å²) in [6.07, 6.45) is 8.36. The Bertz CT molecular complexity index is 1100. The van der Waals surface area contributed by atoms with E-state index in [9.17, 15) is 18.0 Å². The number of nitrogens with one attached hydrogen (secondary N) is 3. The van der Waals surface area contributed by atoms with Gasteiger partial charge in [0.1, 0.15) is 0 Å². The predicted molar refractivity (Wildman–Crippen MR) is 114 cm³/mol. The lowest BCUT2D eigenvalue weighted by atomic mass is 9.96. The van der Waals surface area contributed by atoms with E-state index in [-0.39, 0.29) is 10.6 Å². The van der Waals surface area contributed by atoms with E-state index < -0.39 is 27.8 Å². The van der Waals surface area contributed by atoms with Crippen LogP contribution in [0.25, 0.3) is 0 Å². The van der Waals surface area contributed by atoms with E-state index >= 15 is 0 Å². The van der Waals surface area contributed by atoms with Gasteiger partial charge in [-0.15, -0.1) is 0 Å². The fraction of sp³-hybridized carbons (Fsp3) is 0.0476. The second kappa shape index (κ2) is 11.5. The predicted octanol–water partition coefficient (Wildman–Crippen LogP) is 2.25. The van der Waals surface area contributed by atoms with E-state index in [1.807, 2.05) is 0 Å². The van der Waals surface area contributed by atoms with Gasteiger partial charge in [0.2, 0.25) is 0 Å². The molecule has 162 valence electrons. The highest BCUT2D eigenvalue weighted by molar-refractivity contribution is 7.92. The average Bonchev–Trinajstić information content (AvgIpc) is 2.79. The summed E-state index contributed by atoms with van der Waals surface area (Å²) >= 11 is 0. The molecule has 0 fully saturated rings. The Hall–Kier alpha value is -3.73. The maximum atomic E-state index is 12.7. The molecule has 0 spiro atoms. The van der Waals surface area contributed by atoms with Crippen LogP contribution in [0.4, 0.5) is 5.69 Å². The summed E-state index contributed by atoms with van der Waals surface area (Å²) in [7, 11) is -3.89. The van der Waals surface area contributed by atoms with Gasteiger partial charge < -0.3 is 0 Å². The van der Waals surface area contributed by atoms with Gasteiger partial charge in [-0.3, -0.25) is 24.7 Å². The molecule has 2 amide bonds. The Kier molecular flexibility index (Phi) is 8.70. The van der Waals surface area contributed by atoms with E-state index in [2.05, 4.69) is 4.72 Å². The van der Waals surface area contributed by atoms with Crippen molar-refractivity contribution < 1.29 is 28.4 Å². The first-order valence-corrected chi connectivity index (χ1v) is 10.4. The molecular weight excluding hydrogens is 422 g/mol. The van der Waals surface area contributed by atoms with Crippen molar-refractivity contribution in [3.05, 3.63) is 96.6 Å². The number of hydroxylamine groups is 2. The van der Waals surface area contributed by atoms with E-state index in [1.165, 1.54) is 54.1 Å². The third kappa shape index (κ3) is 6.93. The van der Waals surface area contributed by atoms with Crippen molar-refractivity contribution in [3.8, 4) is 0 Å². The fourth-order valence-electron chi connectivity index (χ4n) is 2.55. The molecule has 0 aliphatic rings. The molecule has 10 heteroatoms. The number of carbonyl (C=O) groups is 2. The number of sulfonamides is 1. The minimum atomic E-state index is -3.89. The van der Waals surface area contributed by atoms with Crippen molar-refractivity contribution >= 4 is 27.5 Å². The summed E-state index contributed by atoms with van der Waals surface area (Å²) in [4.78, 5) is 23.2. The molecule has 1 unspecified atom stereocenters. The Balaban J connectivity index is 2.31. The first-order chi connectivity index (χ1) is 14.9. The van der Waals surface area contributed by atoms with Crippen LogP contribution < -0.4 is 15.7 Å². The molecule has 0 bridgehead atoms. The molecule has 2 rings (SSSR count). The summed E-state index contributed by atoms with van der Waals surface area (Å²) in [6.45, 7) is 0. The quantitative estimate of drug-likeness (QED) is 0.174. The monoisotopic (exact) mass is 443 g/mol. The molecule has 0 aromatic heterocycles. The zero-order valence-electron chi connectivity index (χ0n) is 16.2. The number of amides is 2.